The molecule has 1 aromatic rings. The number of fused-ring (bicyclic) bond motifs is 3. The Bertz CT molecular complexity index is 604. The molecule has 0 aliphatic heterocycles. The molecule has 90 valence electrons. The number of alkyl halides is 2. The minimum atomic E-state index is -0.921. The summed E-state index contributed by atoms with van der Waals surface area (Å²) in [6.07, 6.45) is 0. The van der Waals surface area contributed by atoms with Crippen molar-refractivity contribution in [3.63, 3.8) is 0 Å². The van der Waals surface area contributed by atoms with E-state index >= 15 is 0 Å². The van der Waals surface area contributed by atoms with Crippen molar-refractivity contribution in [2.75, 3.05) is 0 Å². The van der Waals surface area contributed by atoms with Crippen molar-refractivity contribution in [2.24, 2.45) is 0 Å². The fourth-order valence-corrected chi connectivity index (χ4v) is 5.25. The largest absolute Gasteiger partial charge is 0.152 e. The molecule has 3 rings (SSSR count). The maximum absolute atomic E-state index is 6.19. The fourth-order valence-electron chi connectivity index (χ4n) is 2.15. The predicted molar refractivity (Wildman–Crippen MR) is 79.5 cm³/mol. The van der Waals surface area contributed by atoms with Gasteiger partial charge < -0.3 is 0 Å². The van der Waals surface area contributed by atoms with E-state index in [0.717, 1.165) is 21.2 Å². The highest BCUT2D eigenvalue weighted by molar-refractivity contribution is 9.15. The highest BCUT2D eigenvalue weighted by atomic mass is 79.9. The number of hydrogen-bond donors (Lipinski definition) is 0. The van der Waals surface area contributed by atoms with Crippen LogP contribution in [0.3, 0.4) is 0 Å². The smallest absolute Gasteiger partial charge is 0.0955 e. The van der Waals surface area contributed by atoms with Crippen LogP contribution in [0.4, 0.5) is 0 Å². The number of halogens is 7. The minimum absolute atomic E-state index is 0.157. The fraction of sp³-hybridized carbons (Fsp3) is 0.200. The van der Waals surface area contributed by atoms with E-state index in [4.69, 9.17) is 69.6 Å². The van der Waals surface area contributed by atoms with Gasteiger partial charge in [0.1, 0.15) is 0 Å². The summed E-state index contributed by atoms with van der Waals surface area (Å²) in [4.78, 5) is 0. The summed E-state index contributed by atoms with van der Waals surface area (Å²) in [6.45, 7) is 0. The van der Waals surface area contributed by atoms with Gasteiger partial charge in [-0.2, -0.15) is 0 Å². The Balaban J connectivity index is 2.38. The second kappa shape index (κ2) is 3.85. The Morgan fingerprint density at radius 1 is 0.882 bits per heavy atom. The van der Waals surface area contributed by atoms with Gasteiger partial charge in [0.05, 0.1) is 20.1 Å². The highest BCUT2D eigenvalue weighted by Gasteiger charge is 2.65. The van der Waals surface area contributed by atoms with Gasteiger partial charge in [-0.3, -0.25) is 0 Å². The van der Waals surface area contributed by atoms with E-state index < -0.39 is 4.33 Å². The Labute approximate surface area is 136 Å². The summed E-state index contributed by atoms with van der Waals surface area (Å²) in [6, 6.07) is 0. The first-order valence-corrected chi connectivity index (χ1v) is 7.50. The van der Waals surface area contributed by atoms with Gasteiger partial charge in [0.2, 0.25) is 0 Å². The van der Waals surface area contributed by atoms with E-state index in [-0.39, 0.29) is 16.0 Å². The summed E-state index contributed by atoms with van der Waals surface area (Å²) in [7, 11) is 0. The van der Waals surface area contributed by atoms with Crippen molar-refractivity contribution >= 4 is 90.0 Å². The second-order valence-corrected chi connectivity index (χ2v) is 7.52. The van der Waals surface area contributed by atoms with Gasteiger partial charge in [-0.05, 0) is 11.1 Å². The van der Waals surface area contributed by atoms with Crippen LogP contribution in [-0.4, -0.2) is 4.33 Å². The van der Waals surface area contributed by atoms with Crippen LogP contribution in [0.5, 0.6) is 0 Å². The Hall–Kier alpha value is 1.18. The molecule has 1 unspecified atom stereocenters. The lowest BCUT2D eigenvalue weighted by atomic mass is 10.1. The SMILES string of the molecule is Clc1c(Cl)c(Cl)c2c(c1Cl)C(Br)=C1C2C1(Cl)Cl. The molecule has 7 heteroatoms. The first-order valence-electron chi connectivity index (χ1n) is 4.44. The van der Waals surface area contributed by atoms with E-state index in [2.05, 4.69) is 15.9 Å². The van der Waals surface area contributed by atoms with Gasteiger partial charge in [-0.1, -0.05) is 85.5 Å². The lowest BCUT2D eigenvalue weighted by Crippen LogP contribution is -1.99. The topological polar surface area (TPSA) is 0 Å². The zero-order chi connectivity index (χ0) is 12.7. The van der Waals surface area contributed by atoms with Crippen LogP contribution in [-0.2, 0) is 0 Å². The van der Waals surface area contributed by atoms with Crippen LogP contribution in [0.25, 0.3) is 4.48 Å². The van der Waals surface area contributed by atoms with Crippen LogP contribution in [0, 0.1) is 0 Å². The average molecular weight is 414 g/mol. The molecule has 2 aliphatic rings. The maximum Gasteiger partial charge on any atom is 0.152 e. The summed E-state index contributed by atoms with van der Waals surface area (Å²) in [5.41, 5.74) is 2.35. The molecule has 1 atom stereocenters. The van der Waals surface area contributed by atoms with E-state index in [9.17, 15) is 0 Å². The van der Waals surface area contributed by atoms with E-state index in [0.29, 0.717) is 10.0 Å². The van der Waals surface area contributed by atoms with E-state index in [1.807, 2.05) is 0 Å². The number of benzene rings is 1. The molecule has 1 saturated carbocycles. The van der Waals surface area contributed by atoms with Gasteiger partial charge in [0.15, 0.2) is 4.33 Å². The van der Waals surface area contributed by atoms with E-state index in [1.165, 1.54) is 0 Å². The number of allylic oxidation sites excluding steroid dienone is 1. The molecule has 0 radical (unpaired) electrons. The molecular weight excluding hydrogens is 413 g/mol. The van der Waals surface area contributed by atoms with Gasteiger partial charge in [-0.15, -0.1) is 0 Å². The molecule has 17 heavy (non-hydrogen) atoms. The lowest BCUT2D eigenvalue weighted by Gasteiger charge is -2.14. The molecule has 1 aromatic carbocycles. The molecule has 0 spiro atoms. The zero-order valence-corrected chi connectivity index (χ0v) is 13.8. The first-order chi connectivity index (χ1) is 7.80. The second-order valence-electron chi connectivity index (χ2n) is 3.83. The van der Waals surface area contributed by atoms with Crippen molar-refractivity contribution in [1.29, 1.82) is 0 Å². The molecule has 0 bridgehead atoms. The summed E-state index contributed by atoms with van der Waals surface area (Å²) >= 11 is 40.1. The van der Waals surface area contributed by atoms with Gasteiger partial charge >= 0.3 is 0 Å². The molecule has 1 fully saturated rings. The lowest BCUT2D eigenvalue weighted by molar-refractivity contribution is 1.12. The molecule has 0 saturated heterocycles. The molecule has 0 heterocycles. The van der Waals surface area contributed by atoms with E-state index in [1.54, 1.807) is 0 Å². The van der Waals surface area contributed by atoms with Crippen molar-refractivity contribution in [2.45, 2.75) is 10.3 Å². The number of hydrogen-bond acceptors (Lipinski definition) is 0. The molecular formula is C10HBrCl6. The van der Waals surface area contributed by atoms with Crippen LogP contribution >= 0.6 is 85.5 Å². The summed E-state index contributed by atoms with van der Waals surface area (Å²) in [5, 5.41) is 1.20. The first kappa shape index (κ1) is 13.2. The predicted octanol–water partition coefficient (Wildman–Crippen LogP) is 6.69. The normalized spacial score (nSPS) is 23.8. The third-order valence-electron chi connectivity index (χ3n) is 2.98. The third kappa shape index (κ3) is 1.51. The van der Waals surface area contributed by atoms with Crippen LogP contribution < -0.4 is 0 Å². The van der Waals surface area contributed by atoms with Gasteiger partial charge in [0, 0.05) is 16.0 Å². The molecule has 2 aliphatic carbocycles. The standard InChI is InChI=1S/C10HBrCl6/c11-5-2-1(3-4(5)10(3,16)17)6(12)8(14)9(15)7(2)13/h3H. The Morgan fingerprint density at radius 2 is 1.41 bits per heavy atom. The highest BCUT2D eigenvalue weighted by Crippen LogP contribution is 2.74. The molecule has 0 nitrogen and oxygen atoms in total. The molecule has 0 N–H and O–H groups in total. The van der Waals surface area contributed by atoms with Crippen LogP contribution in [0.1, 0.15) is 17.0 Å². The van der Waals surface area contributed by atoms with Crippen molar-refractivity contribution in [3.05, 3.63) is 36.8 Å². The Morgan fingerprint density at radius 3 is 2.00 bits per heavy atom. The Kier molecular flexibility index (Phi) is 2.98. The molecule has 0 aromatic heterocycles. The van der Waals surface area contributed by atoms with Crippen molar-refractivity contribution in [1.82, 2.24) is 0 Å². The van der Waals surface area contributed by atoms with Crippen LogP contribution in [0.15, 0.2) is 5.57 Å². The number of rotatable bonds is 0. The zero-order valence-electron chi connectivity index (χ0n) is 7.72. The minimum Gasteiger partial charge on any atom is -0.0955 e. The quantitative estimate of drug-likeness (QED) is 0.252. The van der Waals surface area contributed by atoms with Crippen molar-refractivity contribution in [3.8, 4) is 0 Å². The maximum atomic E-state index is 6.19. The average Bonchev–Trinajstić information content (AvgIpc) is 2.65. The monoisotopic (exact) mass is 410 g/mol. The molecule has 0 amide bonds. The van der Waals surface area contributed by atoms with Crippen molar-refractivity contribution < 1.29 is 0 Å². The van der Waals surface area contributed by atoms with Gasteiger partial charge in [0.25, 0.3) is 0 Å². The van der Waals surface area contributed by atoms with Crippen LogP contribution in [0.2, 0.25) is 20.1 Å². The summed E-state index contributed by atoms with van der Waals surface area (Å²) < 4.78 is -0.163. The third-order valence-corrected chi connectivity index (χ3v) is 6.46. The van der Waals surface area contributed by atoms with Gasteiger partial charge in [-0.25, -0.2) is 0 Å². The summed E-state index contributed by atoms with van der Waals surface area (Å²) in [5.74, 6) is -0.157.